The number of ether oxygens (including phenoxy) is 1. The van der Waals surface area contributed by atoms with E-state index in [1.807, 2.05) is 6.92 Å². The predicted molar refractivity (Wildman–Crippen MR) is 139 cm³/mol. The normalized spacial score (nSPS) is 13.1. The Balaban J connectivity index is 4.05. The Kier molecular flexibility index (Phi) is 23.2. The molecule has 0 aliphatic carbocycles. The number of rotatable bonds is 25. The summed E-state index contributed by atoms with van der Waals surface area (Å²) in [4.78, 5) is 23.9. The van der Waals surface area contributed by atoms with Gasteiger partial charge in [0, 0.05) is 0 Å². The summed E-state index contributed by atoms with van der Waals surface area (Å²) >= 11 is 0. The molecule has 5 nitrogen and oxygen atoms in total. The largest absolute Gasteiger partial charge is 0.481 e. The van der Waals surface area contributed by atoms with Crippen molar-refractivity contribution in [1.82, 2.24) is 5.32 Å². The lowest BCUT2D eigenvalue weighted by molar-refractivity contribution is -0.155. The molecule has 0 fully saturated rings. The molecule has 0 aromatic rings. The number of hydrogen-bond donors (Lipinski definition) is 2. The van der Waals surface area contributed by atoms with Gasteiger partial charge in [0.15, 0.2) is 0 Å². The van der Waals surface area contributed by atoms with Crippen LogP contribution < -0.4 is 5.32 Å². The van der Waals surface area contributed by atoms with E-state index in [1.54, 1.807) is 0 Å². The fourth-order valence-electron chi connectivity index (χ4n) is 4.22. The molecule has 0 rings (SSSR count). The number of carboxylic acids is 1. The number of carbonyl (C=O) groups is 2. The first-order valence-corrected chi connectivity index (χ1v) is 14.2. The highest BCUT2D eigenvalue weighted by molar-refractivity contribution is 5.82. The standard InChI is InChI=1S/C28H55NO4/c1-4-7-9-11-13-14-15-17-19-21-23-29-26(24-27(30)31)28(32)33-25(6-3)22-20-18-16-12-10-8-5-2/h25-26,29H,4-24H2,1-3H3,(H,30,31)/t25?,26-/m0/s1. The number of carboxylic acid groups (broad SMARTS) is 1. The summed E-state index contributed by atoms with van der Waals surface area (Å²) in [5.74, 6) is -1.37. The number of nitrogens with one attached hydrogen (secondary N) is 1. The Hall–Kier alpha value is -1.10. The van der Waals surface area contributed by atoms with E-state index in [1.165, 1.54) is 89.9 Å². The minimum atomic E-state index is -0.965. The Morgan fingerprint density at radius 2 is 1.15 bits per heavy atom. The molecule has 0 heterocycles. The Morgan fingerprint density at radius 1 is 0.697 bits per heavy atom. The summed E-state index contributed by atoms with van der Waals surface area (Å²) in [5, 5.41) is 12.4. The van der Waals surface area contributed by atoms with E-state index in [9.17, 15) is 14.7 Å². The van der Waals surface area contributed by atoms with Gasteiger partial charge in [-0.1, -0.05) is 117 Å². The molecule has 2 atom stereocenters. The van der Waals surface area contributed by atoms with Crippen molar-refractivity contribution in [3.8, 4) is 0 Å². The first kappa shape index (κ1) is 31.9. The maximum atomic E-state index is 12.6. The van der Waals surface area contributed by atoms with Crippen LogP contribution >= 0.6 is 0 Å². The third kappa shape index (κ3) is 21.2. The molecule has 0 aliphatic rings. The third-order valence-corrected chi connectivity index (χ3v) is 6.45. The molecule has 33 heavy (non-hydrogen) atoms. The van der Waals surface area contributed by atoms with Gasteiger partial charge in [0.2, 0.25) is 0 Å². The molecule has 0 saturated carbocycles. The summed E-state index contributed by atoms with van der Waals surface area (Å²) in [6.45, 7) is 7.17. The molecule has 0 amide bonds. The van der Waals surface area contributed by atoms with Crippen molar-refractivity contribution in [3.63, 3.8) is 0 Å². The summed E-state index contributed by atoms with van der Waals surface area (Å²) in [7, 11) is 0. The van der Waals surface area contributed by atoms with E-state index in [4.69, 9.17) is 4.74 Å². The molecular formula is C28H55NO4. The van der Waals surface area contributed by atoms with Crippen molar-refractivity contribution in [1.29, 1.82) is 0 Å². The van der Waals surface area contributed by atoms with Gasteiger partial charge in [-0.3, -0.25) is 9.59 Å². The average Bonchev–Trinajstić information content (AvgIpc) is 2.80. The molecule has 0 bridgehead atoms. The molecule has 0 aliphatic heterocycles. The molecule has 0 spiro atoms. The first-order chi connectivity index (χ1) is 16.0. The minimum absolute atomic E-state index is 0.108. The van der Waals surface area contributed by atoms with Crippen molar-refractivity contribution in [3.05, 3.63) is 0 Å². The molecule has 5 heteroatoms. The molecule has 0 aromatic carbocycles. The zero-order valence-electron chi connectivity index (χ0n) is 22.2. The highest BCUT2D eigenvalue weighted by atomic mass is 16.5. The molecule has 0 radical (unpaired) electrons. The van der Waals surface area contributed by atoms with Crippen LogP contribution in [-0.2, 0) is 14.3 Å². The zero-order valence-corrected chi connectivity index (χ0v) is 22.2. The van der Waals surface area contributed by atoms with Crippen LogP contribution in [0.4, 0.5) is 0 Å². The predicted octanol–water partition coefficient (Wildman–Crippen LogP) is 7.80. The van der Waals surface area contributed by atoms with Crippen LogP contribution in [0.15, 0.2) is 0 Å². The molecule has 2 N–H and O–H groups in total. The number of esters is 1. The van der Waals surface area contributed by atoms with Gasteiger partial charge in [0.1, 0.15) is 12.1 Å². The van der Waals surface area contributed by atoms with Crippen LogP contribution in [0.3, 0.4) is 0 Å². The van der Waals surface area contributed by atoms with Crippen molar-refractivity contribution in [2.45, 2.75) is 161 Å². The Bertz CT molecular complexity index is 455. The molecular weight excluding hydrogens is 414 g/mol. The van der Waals surface area contributed by atoms with Crippen LogP contribution in [0.1, 0.15) is 149 Å². The summed E-state index contributed by atoms with van der Waals surface area (Å²) in [5.41, 5.74) is 0. The maximum absolute atomic E-state index is 12.6. The lowest BCUT2D eigenvalue weighted by Crippen LogP contribution is -2.41. The van der Waals surface area contributed by atoms with E-state index in [2.05, 4.69) is 19.2 Å². The second-order valence-electron chi connectivity index (χ2n) is 9.66. The first-order valence-electron chi connectivity index (χ1n) is 14.2. The Labute approximate surface area is 204 Å². The van der Waals surface area contributed by atoms with Gasteiger partial charge in [-0.05, 0) is 32.2 Å². The van der Waals surface area contributed by atoms with Crippen molar-refractivity contribution in [2.75, 3.05) is 6.54 Å². The monoisotopic (exact) mass is 469 g/mol. The fraction of sp³-hybridized carbons (Fsp3) is 0.929. The zero-order chi connectivity index (χ0) is 24.6. The number of unbranched alkanes of at least 4 members (excludes halogenated alkanes) is 15. The van der Waals surface area contributed by atoms with Crippen LogP contribution in [0, 0.1) is 0 Å². The Morgan fingerprint density at radius 3 is 1.61 bits per heavy atom. The highest BCUT2D eigenvalue weighted by Crippen LogP contribution is 2.15. The molecule has 196 valence electrons. The van der Waals surface area contributed by atoms with Crippen LogP contribution in [0.5, 0.6) is 0 Å². The van der Waals surface area contributed by atoms with E-state index < -0.39 is 18.0 Å². The lowest BCUT2D eigenvalue weighted by Gasteiger charge is -2.21. The SMILES string of the molecule is CCCCCCCCCCCCN[C@@H](CC(=O)O)C(=O)OC(CC)CCCCCCCCC. The minimum Gasteiger partial charge on any atom is -0.481 e. The summed E-state index contributed by atoms with van der Waals surface area (Å²) in [6, 6.07) is -0.746. The maximum Gasteiger partial charge on any atom is 0.324 e. The van der Waals surface area contributed by atoms with Gasteiger partial charge in [-0.2, -0.15) is 0 Å². The molecule has 0 aromatic heterocycles. The van der Waals surface area contributed by atoms with E-state index >= 15 is 0 Å². The van der Waals surface area contributed by atoms with Crippen LogP contribution in [0.25, 0.3) is 0 Å². The second kappa shape index (κ2) is 24.0. The van der Waals surface area contributed by atoms with Crippen LogP contribution in [0.2, 0.25) is 0 Å². The fourth-order valence-corrected chi connectivity index (χ4v) is 4.22. The number of carbonyl (C=O) groups excluding carboxylic acids is 1. The van der Waals surface area contributed by atoms with Crippen molar-refractivity contribution < 1.29 is 19.4 Å². The third-order valence-electron chi connectivity index (χ3n) is 6.45. The van der Waals surface area contributed by atoms with Crippen molar-refractivity contribution >= 4 is 11.9 Å². The lowest BCUT2D eigenvalue weighted by atomic mass is 10.0. The second-order valence-corrected chi connectivity index (χ2v) is 9.66. The van der Waals surface area contributed by atoms with E-state index in [0.717, 1.165) is 32.1 Å². The van der Waals surface area contributed by atoms with Gasteiger partial charge < -0.3 is 15.2 Å². The van der Waals surface area contributed by atoms with E-state index in [-0.39, 0.29) is 12.5 Å². The average molecular weight is 470 g/mol. The molecule has 1 unspecified atom stereocenters. The highest BCUT2D eigenvalue weighted by Gasteiger charge is 2.24. The van der Waals surface area contributed by atoms with Gasteiger partial charge in [-0.25, -0.2) is 0 Å². The van der Waals surface area contributed by atoms with Gasteiger partial charge in [-0.15, -0.1) is 0 Å². The number of aliphatic carboxylic acids is 1. The van der Waals surface area contributed by atoms with Gasteiger partial charge in [0.25, 0.3) is 0 Å². The summed E-state index contributed by atoms with van der Waals surface area (Å²) in [6.07, 6.45) is 22.5. The van der Waals surface area contributed by atoms with Crippen molar-refractivity contribution in [2.24, 2.45) is 0 Å². The van der Waals surface area contributed by atoms with Gasteiger partial charge in [0.05, 0.1) is 6.42 Å². The van der Waals surface area contributed by atoms with Crippen LogP contribution in [-0.4, -0.2) is 35.7 Å². The smallest absolute Gasteiger partial charge is 0.324 e. The number of hydrogen-bond acceptors (Lipinski definition) is 4. The van der Waals surface area contributed by atoms with E-state index in [0.29, 0.717) is 6.54 Å². The summed E-state index contributed by atoms with van der Waals surface area (Å²) < 4.78 is 5.69. The topological polar surface area (TPSA) is 75.6 Å². The van der Waals surface area contributed by atoms with Gasteiger partial charge >= 0.3 is 11.9 Å². The quantitative estimate of drug-likeness (QED) is 0.105. The molecule has 0 saturated heterocycles.